The second-order valence-electron chi connectivity index (χ2n) is 1.13. The van der Waals surface area contributed by atoms with Gasteiger partial charge in [-0.25, -0.2) is 0 Å². The molecule has 1 atom stereocenters. The van der Waals surface area contributed by atoms with E-state index in [1.165, 1.54) is 0 Å². The average molecular weight is 115 g/mol. The summed E-state index contributed by atoms with van der Waals surface area (Å²) in [6, 6.07) is 0. The van der Waals surface area contributed by atoms with Crippen molar-refractivity contribution in [3.05, 3.63) is 0 Å². The van der Waals surface area contributed by atoms with E-state index in [-0.39, 0.29) is 5.25 Å². The number of hydrogen-bond acceptors (Lipinski definition) is 1. The molecule has 0 saturated heterocycles. The fourth-order valence-electron chi connectivity index (χ4n) is 0.227. The molecular weight excluding hydrogens is 108 g/mol. The van der Waals surface area contributed by atoms with Gasteiger partial charge in [0.05, 0.1) is 0 Å². The number of hydrogen-bond donors (Lipinski definition) is 0. The quantitative estimate of drug-likeness (QED) is 0.365. The summed E-state index contributed by atoms with van der Waals surface area (Å²) >= 11 is 0.526. The van der Waals surface area contributed by atoms with Crippen LogP contribution < -0.4 is 0 Å². The van der Waals surface area contributed by atoms with Gasteiger partial charge in [-0.1, -0.05) is 0 Å². The van der Waals surface area contributed by atoms with Crippen molar-refractivity contribution in [1.82, 2.24) is 0 Å². The Kier molecular flexibility index (Phi) is 3.53. The van der Waals surface area contributed by atoms with Crippen molar-refractivity contribution in [3.8, 4) is 11.8 Å². The molecule has 0 aromatic rings. The summed E-state index contributed by atoms with van der Waals surface area (Å²) in [5.41, 5.74) is 0. The Labute approximate surface area is 47.6 Å². The molecule has 1 nitrogen and oxygen atoms in total. The summed E-state index contributed by atoms with van der Waals surface area (Å²) in [6.45, 7) is 3.51. The summed E-state index contributed by atoms with van der Waals surface area (Å²) in [5, 5.41) is -0.0509. The fraction of sp³-hybridized carbons (Fsp3) is 0.600. The molecule has 0 fully saturated rings. The Morgan fingerprint density at radius 2 is 2.29 bits per heavy atom. The van der Waals surface area contributed by atoms with Gasteiger partial charge in [0.2, 0.25) is 0 Å². The van der Waals surface area contributed by atoms with E-state index in [2.05, 4.69) is 11.8 Å². The van der Waals surface area contributed by atoms with Crippen LogP contribution in [0.5, 0.6) is 0 Å². The third kappa shape index (κ3) is 3.41. The van der Waals surface area contributed by atoms with Crippen molar-refractivity contribution in [2.24, 2.45) is 0 Å². The molecule has 0 aromatic heterocycles. The van der Waals surface area contributed by atoms with E-state index in [0.29, 0.717) is 11.7 Å². The topological polar surface area (TPSA) is 17.1 Å². The minimum Gasteiger partial charge on any atom is -0.101 e. The Morgan fingerprint density at radius 1 is 1.71 bits per heavy atom. The highest BCUT2D eigenvalue weighted by Gasteiger charge is 2.06. The van der Waals surface area contributed by atoms with Crippen LogP contribution in [0.1, 0.15) is 13.8 Å². The molecule has 0 radical (unpaired) electrons. The van der Waals surface area contributed by atoms with Crippen LogP contribution in [0.15, 0.2) is 0 Å². The maximum Gasteiger partial charge on any atom is 0.475 e. The van der Waals surface area contributed by atoms with Gasteiger partial charge in [-0.2, -0.15) is 0 Å². The van der Waals surface area contributed by atoms with Crippen LogP contribution in [0.2, 0.25) is 0 Å². The van der Waals surface area contributed by atoms with Gasteiger partial charge in [-0.15, -0.1) is 5.92 Å². The van der Waals surface area contributed by atoms with Gasteiger partial charge in [0.1, 0.15) is 0 Å². The van der Waals surface area contributed by atoms with Crippen molar-refractivity contribution < 1.29 is 4.21 Å². The Bertz CT molecular complexity index is 109. The predicted octanol–water partition coefficient (Wildman–Crippen LogP) is 0.826. The van der Waals surface area contributed by atoms with Gasteiger partial charge in [0, 0.05) is 11.1 Å². The van der Waals surface area contributed by atoms with Crippen molar-refractivity contribution in [2.45, 2.75) is 19.1 Å². The standard InChI is InChI=1S/C5H7OS/c1-3-4-5(2)7-6/h5H,1-2H3/q+1. The monoisotopic (exact) mass is 115 g/mol. The maximum absolute atomic E-state index is 9.83. The van der Waals surface area contributed by atoms with Crippen LogP contribution in [-0.2, 0) is 15.9 Å². The van der Waals surface area contributed by atoms with Crippen molar-refractivity contribution in [2.75, 3.05) is 0 Å². The van der Waals surface area contributed by atoms with Gasteiger partial charge in [-0.3, -0.25) is 0 Å². The zero-order valence-electron chi connectivity index (χ0n) is 4.39. The molecule has 0 aliphatic heterocycles. The molecule has 0 bridgehead atoms. The smallest absolute Gasteiger partial charge is 0.101 e. The lowest BCUT2D eigenvalue weighted by atomic mass is 10.5. The Hall–Kier alpha value is -0.420. The largest absolute Gasteiger partial charge is 0.475 e. The van der Waals surface area contributed by atoms with E-state index in [4.69, 9.17) is 0 Å². The van der Waals surface area contributed by atoms with Crippen molar-refractivity contribution in [3.63, 3.8) is 0 Å². The molecule has 0 spiro atoms. The Morgan fingerprint density at radius 3 is 2.43 bits per heavy atom. The van der Waals surface area contributed by atoms with Gasteiger partial charge >= 0.3 is 11.7 Å². The van der Waals surface area contributed by atoms with E-state index in [1.807, 2.05) is 0 Å². The van der Waals surface area contributed by atoms with E-state index < -0.39 is 0 Å². The zero-order valence-corrected chi connectivity index (χ0v) is 5.21. The average Bonchev–Trinajstić information content (AvgIpc) is 1.68. The molecule has 0 N–H and O–H groups in total. The van der Waals surface area contributed by atoms with Crippen LogP contribution in [0.3, 0.4) is 0 Å². The van der Waals surface area contributed by atoms with Gasteiger partial charge in [0.15, 0.2) is 0 Å². The summed E-state index contributed by atoms with van der Waals surface area (Å²) in [7, 11) is 0. The van der Waals surface area contributed by atoms with Crippen LogP contribution in [0, 0.1) is 11.8 Å². The van der Waals surface area contributed by atoms with Crippen LogP contribution >= 0.6 is 0 Å². The van der Waals surface area contributed by atoms with Crippen LogP contribution in [0.4, 0.5) is 0 Å². The minimum absolute atomic E-state index is 0.0509. The van der Waals surface area contributed by atoms with Crippen LogP contribution in [-0.4, -0.2) is 5.25 Å². The summed E-state index contributed by atoms with van der Waals surface area (Å²) < 4.78 is 9.83. The highest BCUT2D eigenvalue weighted by molar-refractivity contribution is 7.66. The zero-order chi connectivity index (χ0) is 5.70. The molecule has 1 unspecified atom stereocenters. The highest BCUT2D eigenvalue weighted by Crippen LogP contribution is 1.76. The van der Waals surface area contributed by atoms with Crippen molar-refractivity contribution >= 4 is 11.7 Å². The van der Waals surface area contributed by atoms with Gasteiger partial charge in [0.25, 0.3) is 5.25 Å². The summed E-state index contributed by atoms with van der Waals surface area (Å²) in [5.74, 6) is 5.34. The summed E-state index contributed by atoms with van der Waals surface area (Å²) in [6.07, 6.45) is 0. The minimum atomic E-state index is -0.0509. The molecule has 0 saturated carbocycles. The lowest BCUT2D eigenvalue weighted by molar-refractivity contribution is 0.603. The molecule has 0 heterocycles. The second kappa shape index (κ2) is 3.76. The van der Waals surface area contributed by atoms with E-state index in [1.54, 1.807) is 13.8 Å². The van der Waals surface area contributed by atoms with Gasteiger partial charge in [-0.05, 0) is 12.8 Å². The van der Waals surface area contributed by atoms with E-state index in [9.17, 15) is 4.21 Å². The number of rotatable bonds is 1. The molecule has 0 aliphatic carbocycles. The lowest BCUT2D eigenvalue weighted by Crippen LogP contribution is -1.91. The molecule has 38 valence electrons. The first-order valence-electron chi connectivity index (χ1n) is 2.02. The first-order chi connectivity index (χ1) is 3.31. The lowest BCUT2D eigenvalue weighted by Gasteiger charge is -1.65. The molecule has 0 rings (SSSR count). The highest BCUT2D eigenvalue weighted by atomic mass is 32.1. The van der Waals surface area contributed by atoms with Crippen LogP contribution in [0.25, 0.3) is 0 Å². The van der Waals surface area contributed by atoms with Gasteiger partial charge < -0.3 is 0 Å². The van der Waals surface area contributed by atoms with Crippen molar-refractivity contribution in [1.29, 1.82) is 0 Å². The normalized spacial score (nSPS) is 11.1. The second-order valence-corrected chi connectivity index (χ2v) is 2.03. The van der Waals surface area contributed by atoms with E-state index in [0.717, 1.165) is 0 Å². The molecule has 0 aromatic carbocycles. The maximum atomic E-state index is 9.83. The molecule has 2 heteroatoms. The molecule has 0 amide bonds. The molecule has 0 aliphatic rings. The third-order valence-electron chi connectivity index (χ3n) is 0.492. The summed E-state index contributed by atoms with van der Waals surface area (Å²) in [4.78, 5) is 0. The molecular formula is C5H7OS+. The SMILES string of the molecule is CC#CC(C)[S+]=O. The first kappa shape index (κ1) is 6.58. The third-order valence-corrected chi connectivity index (χ3v) is 0.898. The first-order valence-corrected chi connectivity index (χ1v) is 2.82. The molecule has 7 heavy (non-hydrogen) atoms. The van der Waals surface area contributed by atoms with E-state index >= 15 is 0 Å². The Balaban J connectivity index is 3.49. The predicted molar refractivity (Wildman–Crippen MR) is 31.0 cm³/mol. The fourth-order valence-corrected chi connectivity index (χ4v) is 0.393.